The van der Waals surface area contributed by atoms with E-state index in [0.29, 0.717) is 16.4 Å². The number of fused-ring (bicyclic) bond motifs is 1. The highest BCUT2D eigenvalue weighted by Crippen LogP contribution is 2.24. The van der Waals surface area contributed by atoms with Crippen molar-refractivity contribution in [3.8, 4) is 11.4 Å². The number of hydrogen-bond donors (Lipinski definition) is 2. The van der Waals surface area contributed by atoms with Gasteiger partial charge in [-0.2, -0.15) is 0 Å². The first-order valence-electron chi connectivity index (χ1n) is 8.55. The van der Waals surface area contributed by atoms with Crippen molar-refractivity contribution in [2.24, 2.45) is 0 Å². The van der Waals surface area contributed by atoms with E-state index in [1.165, 1.54) is 6.42 Å². The van der Waals surface area contributed by atoms with Crippen LogP contribution in [0.25, 0.3) is 11.4 Å². The Balaban J connectivity index is 1.44. The minimum absolute atomic E-state index is 0.320. The van der Waals surface area contributed by atoms with Gasteiger partial charge in [-0.1, -0.05) is 17.7 Å². The monoisotopic (exact) mass is 367 g/mol. The van der Waals surface area contributed by atoms with Crippen molar-refractivity contribution in [3.63, 3.8) is 0 Å². The van der Waals surface area contributed by atoms with E-state index in [1.54, 1.807) is 24.3 Å². The Hall–Kier alpha value is -2.86. The highest BCUT2D eigenvalue weighted by molar-refractivity contribution is 6.30. The molecule has 0 fully saturated rings. The number of urea groups is 1. The molecule has 3 aromatic rings. The third-order valence-electron chi connectivity index (χ3n) is 4.34. The standard InChI is InChI=1S/C19H18ClN5O/c20-14-4-3-5-16(12-14)22-19(26)21-15-9-7-13(8-10-15)18-24-23-17-6-1-2-11-25(17)18/h3-5,7-10,12H,1-2,6,11H2,(H2,21,22,26). The predicted molar refractivity (Wildman–Crippen MR) is 102 cm³/mol. The van der Waals surface area contributed by atoms with Gasteiger partial charge in [-0.25, -0.2) is 4.79 Å². The maximum Gasteiger partial charge on any atom is 0.323 e. The number of aromatic nitrogens is 3. The van der Waals surface area contributed by atoms with Crippen LogP contribution in [-0.2, 0) is 13.0 Å². The van der Waals surface area contributed by atoms with Gasteiger partial charge in [0.05, 0.1) is 0 Å². The van der Waals surface area contributed by atoms with Gasteiger partial charge in [0, 0.05) is 34.9 Å². The van der Waals surface area contributed by atoms with E-state index in [1.807, 2.05) is 24.3 Å². The lowest BCUT2D eigenvalue weighted by Crippen LogP contribution is -2.19. The average molecular weight is 368 g/mol. The molecule has 6 nitrogen and oxygen atoms in total. The molecule has 1 aliphatic rings. The third kappa shape index (κ3) is 3.55. The molecule has 2 aromatic carbocycles. The summed E-state index contributed by atoms with van der Waals surface area (Å²) >= 11 is 5.92. The summed E-state index contributed by atoms with van der Waals surface area (Å²) < 4.78 is 2.18. The summed E-state index contributed by atoms with van der Waals surface area (Å²) in [5.74, 6) is 1.93. The Labute approximate surface area is 156 Å². The summed E-state index contributed by atoms with van der Waals surface area (Å²) in [6.07, 6.45) is 3.31. The van der Waals surface area contributed by atoms with Crippen molar-refractivity contribution in [2.45, 2.75) is 25.8 Å². The molecule has 0 aliphatic carbocycles. The zero-order valence-corrected chi connectivity index (χ0v) is 14.8. The molecule has 26 heavy (non-hydrogen) atoms. The van der Waals surface area contributed by atoms with Crippen LogP contribution in [0.2, 0.25) is 5.02 Å². The molecular formula is C19H18ClN5O. The van der Waals surface area contributed by atoms with E-state index in [9.17, 15) is 4.79 Å². The summed E-state index contributed by atoms with van der Waals surface area (Å²) in [6.45, 7) is 0.958. The summed E-state index contributed by atoms with van der Waals surface area (Å²) in [7, 11) is 0. The normalized spacial score (nSPS) is 13.1. The lowest BCUT2D eigenvalue weighted by molar-refractivity contribution is 0.262. The van der Waals surface area contributed by atoms with E-state index in [0.717, 1.165) is 36.6 Å². The second-order valence-electron chi connectivity index (χ2n) is 6.22. The number of anilines is 2. The maximum atomic E-state index is 12.1. The van der Waals surface area contributed by atoms with Crippen LogP contribution in [0.4, 0.5) is 16.2 Å². The zero-order valence-electron chi connectivity index (χ0n) is 14.1. The lowest BCUT2D eigenvalue weighted by Gasteiger charge is -2.14. The highest BCUT2D eigenvalue weighted by atomic mass is 35.5. The number of nitrogens with zero attached hydrogens (tertiary/aromatic N) is 3. The zero-order chi connectivity index (χ0) is 17.9. The van der Waals surface area contributed by atoms with E-state index in [-0.39, 0.29) is 6.03 Å². The van der Waals surface area contributed by atoms with Crippen LogP contribution in [0.3, 0.4) is 0 Å². The molecule has 2 N–H and O–H groups in total. The molecule has 2 heterocycles. The minimum Gasteiger partial charge on any atom is -0.311 e. The molecule has 132 valence electrons. The van der Waals surface area contributed by atoms with Gasteiger partial charge in [-0.05, 0) is 55.3 Å². The first kappa shape index (κ1) is 16.6. The van der Waals surface area contributed by atoms with E-state index >= 15 is 0 Å². The number of carbonyl (C=O) groups is 1. The number of aryl methyl sites for hydroxylation is 1. The van der Waals surface area contributed by atoms with Gasteiger partial charge in [0.25, 0.3) is 0 Å². The van der Waals surface area contributed by atoms with Crippen molar-refractivity contribution >= 4 is 29.0 Å². The van der Waals surface area contributed by atoms with Crippen LogP contribution in [0.15, 0.2) is 48.5 Å². The number of halogens is 1. The molecule has 0 saturated carbocycles. The quantitative estimate of drug-likeness (QED) is 0.711. The van der Waals surface area contributed by atoms with Crippen molar-refractivity contribution < 1.29 is 4.79 Å². The minimum atomic E-state index is -0.320. The molecule has 2 amide bonds. The van der Waals surface area contributed by atoms with Gasteiger partial charge < -0.3 is 15.2 Å². The van der Waals surface area contributed by atoms with Crippen molar-refractivity contribution in [1.82, 2.24) is 14.8 Å². The van der Waals surface area contributed by atoms with Crippen molar-refractivity contribution in [2.75, 3.05) is 10.6 Å². The molecule has 0 radical (unpaired) electrons. The average Bonchev–Trinajstić information content (AvgIpc) is 3.06. The smallest absolute Gasteiger partial charge is 0.311 e. The number of rotatable bonds is 3. The summed E-state index contributed by atoms with van der Waals surface area (Å²) in [5.41, 5.74) is 2.33. The Morgan fingerprint density at radius 3 is 2.62 bits per heavy atom. The second kappa shape index (κ2) is 7.17. The molecule has 0 atom stereocenters. The van der Waals surface area contributed by atoms with Gasteiger partial charge >= 0.3 is 6.03 Å². The van der Waals surface area contributed by atoms with Crippen molar-refractivity contribution in [1.29, 1.82) is 0 Å². The highest BCUT2D eigenvalue weighted by Gasteiger charge is 2.16. The molecular weight excluding hydrogens is 350 g/mol. The van der Waals surface area contributed by atoms with Crippen molar-refractivity contribution in [3.05, 3.63) is 59.4 Å². The van der Waals surface area contributed by atoms with Crippen LogP contribution >= 0.6 is 11.6 Å². The second-order valence-corrected chi connectivity index (χ2v) is 6.65. The number of carbonyl (C=O) groups excluding carboxylic acids is 1. The molecule has 1 aromatic heterocycles. The number of amides is 2. The molecule has 0 bridgehead atoms. The van der Waals surface area contributed by atoms with Crippen LogP contribution < -0.4 is 10.6 Å². The number of hydrogen-bond acceptors (Lipinski definition) is 3. The summed E-state index contributed by atoms with van der Waals surface area (Å²) in [4.78, 5) is 12.1. The summed E-state index contributed by atoms with van der Waals surface area (Å²) in [6, 6.07) is 14.3. The van der Waals surface area contributed by atoms with Crippen LogP contribution in [0.1, 0.15) is 18.7 Å². The number of benzene rings is 2. The first-order valence-corrected chi connectivity index (χ1v) is 8.93. The van der Waals surface area contributed by atoms with Crippen LogP contribution in [0.5, 0.6) is 0 Å². The topological polar surface area (TPSA) is 71.8 Å². The Kier molecular flexibility index (Phi) is 4.58. The molecule has 0 spiro atoms. The van der Waals surface area contributed by atoms with Gasteiger partial charge in [0.15, 0.2) is 5.82 Å². The van der Waals surface area contributed by atoms with Gasteiger partial charge in [-0.3, -0.25) is 0 Å². The Bertz CT molecular complexity index is 935. The van der Waals surface area contributed by atoms with Crippen LogP contribution in [-0.4, -0.2) is 20.8 Å². The van der Waals surface area contributed by atoms with E-state index in [2.05, 4.69) is 25.4 Å². The van der Waals surface area contributed by atoms with Gasteiger partial charge in [0.1, 0.15) is 5.82 Å². The lowest BCUT2D eigenvalue weighted by atomic mass is 10.1. The fourth-order valence-corrected chi connectivity index (χ4v) is 3.27. The van der Waals surface area contributed by atoms with E-state index < -0.39 is 0 Å². The fourth-order valence-electron chi connectivity index (χ4n) is 3.08. The predicted octanol–water partition coefficient (Wildman–Crippen LogP) is 4.58. The SMILES string of the molecule is O=C(Nc1ccc(-c2nnc3n2CCCC3)cc1)Nc1cccc(Cl)c1. The molecule has 1 aliphatic heterocycles. The first-order chi connectivity index (χ1) is 12.7. The molecule has 0 saturated heterocycles. The Morgan fingerprint density at radius 2 is 1.81 bits per heavy atom. The largest absolute Gasteiger partial charge is 0.323 e. The molecule has 4 rings (SSSR count). The van der Waals surface area contributed by atoms with Crippen LogP contribution in [0, 0.1) is 0 Å². The maximum absolute atomic E-state index is 12.1. The molecule has 7 heteroatoms. The molecule has 0 unspecified atom stereocenters. The summed E-state index contributed by atoms with van der Waals surface area (Å²) in [5, 5.41) is 14.7. The van der Waals surface area contributed by atoms with E-state index in [4.69, 9.17) is 11.6 Å². The Morgan fingerprint density at radius 1 is 1.00 bits per heavy atom. The number of nitrogens with one attached hydrogen (secondary N) is 2. The fraction of sp³-hybridized carbons (Fsp3) is 0.211. The van der Waals surface area contributed by atoms with Gasteiger partial charge in [-0.15, -0.1) is 10.2 Å². The third-order valence-corrected chi connectivity index (χ3v) is 4.58. The van der Waals surface area contributed by atoms with Gasteiger partial charge in [0.2, 0.25) is 0 Å².